The molecule has 1 N–H and O–H groups in total. The van der Waals surface area contributed by atoms with Gasteiger partial charge in [0.05, 0.1) is 12.8 Å². The van der Waals surface area contributed by atoms with Gasteiger partial charge >= 0.3 is 0 Å². The summed E-state index contributed by atoms with van der Waals surface area (Å²) in [5, 5.41) is 2.84. The summed E-state index contributed by atoms with van der Waals surface area (Å²) in [7, 11) is 2.01. The van der Waals surface area contributed by atoms with Crippen molar-refractivity contribution in [3.05, 3.63) is 83.8 Å². The molecule has 3 aromatic rings. The third-order valence-corrected chi connectivity index (χ3v) is 3.94. The van der Waals surface area contributed by atoms with E-state index in [2.05, 4.69) is 41.4 Å². The molecule has 0 unspecified atom stereocenters. The van der Waals surface area contributed by atoms with E-state index in [0.29, 0.717) is 12.1 Å². The van der Waals surface area contributed by atoms with Gasteiger partial charge in [-0.1, -0.05) is 17.7 Å². The molecule has 4 nitrogen and oxygen atoms in total. The minimum absolute atomic E-state index is 0.115. The van der Waals surface area contributed by atoms with Gasteiger partial charge in [-0.3, -0.25) is 4.79 Å². The lowest BCUT2D eigenvalue weighted by atomic mass is 10.1. The molecular weight excluding hydrogens is 300 g/mol. The first-order chi connectivity index (χ1) is 11.6. The molecule has 4 heteroatoms. The second kappa shape index (κ2) is 7.04. The summed E-state index contributed by atoms with van der Waals surface area (Å²) in [6.07, 6.45) is 1.59. The summed E-state index contributed by atoms with van der Waals surface area (Å²) >= 11 is 0. The molecule has 0 bridgehead atoms. The minimum atomic E-state index is -0.115. The lowest BCUT2D eigenvalue weighted by molar-refractivity contribution is 0.0948. The lowest BCUT2D eigenvalue weighted by Crippen LogP contribution is -2.22. The maximum Gasteiger partial charge on any atom is 0.251 e. The Bertz CT molecular complexity index is 791. The highest BCUT2D eigenvalue weighted by atomic mass is 16.3. The molecular formula is C20H20N2O2. The van der Waals surface area contributed by atoms with Gasteiger partial charge in [-0.05, 0) is 55.5 Å². The Hall–Kier alpha value is -3.01. The highest BCUT2D eigenvalue weighted by Gasteiger charge is 2.08. The van der Waals surface area contributed by atoms with Crippen LogP contribution in [0.25, 0.3) is 0 Å². The van der Waals surface area contributed by atoms with Crippen LogP contribution >= 0.6 is 0 Å². The Balaban J connectivity index is 1.66. The molecule has 24 heavy (non-hydrogen) atoms. The normalized spacial score (nSPS) is 10.4. The molecule has 2 aromatic carbocycles. The van der Waals surface area contributed by atoms with Gasteiger partial charge in [0, 0.05) is 24.0 Å². The number of aryl methyl sites for hydroxylation is 1. The number of nitrogens with zero attached hydrogens (tertiary/aromatic N) is 1. The third-order valence-electron chi connectivity index (χ3n) is 3.94. The van der Waals surface area contributed by atoms with Gasteiger partial charge in [-0.25, -0.2) is 0 Å². The number of benzene rings is 2. The fourth-order valence-corrected chi connectivity index (χ4v) is 2.44. The Morgan fingerprint density at radius 1 is 1.00 bits per heavy atom. The zero-order chi connectivity index (χ0) is 16.9. The minimum Gasteiger partial charge on any atom is -0.467 e. The number of carbonyl (C=O) groups excluding carboxylic acids is 1. The highest BCUT2D eigenvalue weighted by Crippen LogP contribution is 2.24. The molecule has 1 amide bonds. The van der Waals surface area contributed by atoms with Crippen molar-refractivity contribution in [3.8, 4) is 0 Å². The third kappa shape index (κ3) is 3.66. The van der Waals surface area contributed by atoms with Crippen LogP contribution in [0.4, 0.5) is 11.4 Å². The van der Waals surface area contributed by atoms with Crippen molar-refractivity contribution < 1.29 is 9.21 Å². The van der Waals surface area contributed by atoms with E-state index in [1.807, 2.05) is 37.4 Å². The van der Waals surface area contributed by atoms with Gasteiger partial charge in [0.25, 0.3) is 5.91 Å². The molecule has 1 aromatic heterocycles. The van der Waals surface area contributed by atoms with Crippen molar-refractivity contribution in [1.82, 2.24) is 5.32 Å². The number of hydrogen-bond donors (Lipinski definition) is 1. The zero-order valence-corrected chi connectivity index (χ0v) is 13.8. The first-order valence-corrected chi connectivity index (χ1v) is 7.84. The van der Waals surface area contributed by atoms with Gasteiger partial charge < -0.3 is 14.6 Å². The van der Waals surface area contributed by atoms with Crippen LogP contribution in [0.2, 0.25) is 0 Å². The largest absolute Gasteiger partial charge is 0.467 e. The number of hydrogen-bond acceptors (Lipinski definition) is 3. The molecule has 0 saturated carbocycles. The molecule has 3 rings (SSSR count). The second-order valence-electron chi connectivity index (χ2n) is 5.70. The maximum atomic E-state index is 12.2. The maximum absolute atomic E-state index is 12.2. The Kier molecular flexibility index (Phi) is 4.66. The van der Waals surface area contributed by atoms with Crippen LogP contribution in [0.5, 0.6) is 0 Å². The molecule has 0 fully saturated rings. The monoisotopic (exact) mass is 320 g/mol. The summed E-state index contributed by atoms with van der Waals surface area (Å²) in [5.74, 6) is 0.620. The molecule has 0 spiro atoms. The van der Waals surface area contributed by atoms with Crippen LogP contribution in [0.15, 0.2) is 71.3 Å². The van der Waals surface area contributed by atoms with Crippen LogP contribution in [0.3, 0.4) is 0 Å². The van der Waals surface area contributed by atoms with Gasteiger partial charge in [0.15, 0.2) is 0 Å². The molecule has 0 atom stereocenters. The molecule has 0 aliphatic carbocycles. The van der Waals surface area contributed by atoms with Crippen LogP contribution in [0.1, 0.15) is 21.7 Å². The van der Waals surface area contributed by atoms with E-state index in [-0.39, 0.29) is 5.91 Å². The van der Waals surface area contributed by atoms with E-state index >= 15 is 0 Å². The molecule has 0 aliphatic rings. The summed E-state index contributed by atoms with van der Waals surface area (Å²) < 4.78 is 5.21. The number of carbonyl (C=O) groups is 1. The highest BCUT2D eigenvalue weighted by molar-refractivity contribution is 5.94. The first kappa shape index (κ1) is 15.9. The number of anilines is 2. The fraction of sp³-hybridized carbons (Fsp3) is 0.150. The van der Waals surface area contributed by atoms with E-state index in [4.69, 9.17) is 4.42 Å². The molecule has 0 saturated heterocycles. The summed E-state index contributed by atoms with van der Waals surface area (Å²) in [4.78, 5) is 14.2. The second-order valence-corrected chi connectivity index (χ2v) is 5.70. The van der Waals surface area contributed by atoms with Crippen molar-refractivity contribution >= 4 is 17.3 Å². The van der Waals surface area contributed by atoms with Gasteiger partial charge in [0.1, 0.15) is 5.76 Å². The van der Waals surface area contributed by atoms with Gasteiger partial charge in [0.2, 0.25) is 0 Å². The van der Waals surface area contributed by atoms with Crippen molar-refractivity contribution in [2.45, 2.75) is 13.5 Å². The van der Waals surface area contributed by atoms with Crippen molar-refractivity contribution in [2.24, 2.45) is 0 Å². The Morgan fingerprint density at radius 3 is 2.21 bits per heavy atom. The van der Waals surface area contributed by atoms with Crippen molar-refractivity contribution in [1.29, 1.82) is 0 Å². The Labute approximate surface area is 141 Å². The topological polar surface area (TPSA) is 45.5 Å². The average Bonchev–Trinajstić information content (AvgIpc) is 3.13. The predicted molar refractivity (Wildman–Crippen MR) is 95.6 cm³/mol. The van der Waals surface area contributed by atoms with Crippen LogP contribution in [-0.4, -0.2) is 13.0 Å². The van der Waals surface area contributed by atoms with Gasteiger partial charge in [-0.2, -0.15) is 0 Å². The van der Waals surface area contributed by atoms with Crippen molar-refractivity contribution in [3.63, 3.8) is 0 Å². The fourth-order valence-electron chi connectivity index (χ4n) is 2.44. The smallest absolute Gasteiger partial charge is 0.251 e. The molecule has 122 valence electrons. The average molecular weight is 320 g/mol. The number of nitrogens with one attached hydrogen (secondary N) is 1. The predicted octanol–water partition coefficient (Wildman–Crippen LogP) is 4.29. The number of amides is 1. The zero-order valence-electron chi connectivity index (χ0n) is 13.8. The quantitative estimate of drug-likeness (QED) is 0.763. The Morgan fingerprint density at radius 2 is 1.62 bits per heavy atom. The SMILES string of the molecule is Cc1ccc(N(C)c2ccc(C(=O)NCc3ccco3)cc2)cc1. The summed E-state index contributed by atoms with van der Waals surface area (Å²) in [6.45, 7) is 2.46. The van der Waals surface area contributed by atoms with Crippen LogP contribution < -0.4 is 10.2 Å². The van der Waals surface area contributed by atoms with Crippen molar-refractivity contribution in [2.75, 3.05) is 11.9 Å². The summed E-state index contributed by atoms with van der Waals surface area (Å²) in [6, 6.07) is 19.5. The standard InChI is InChI=1S/C20H20N2O2/c1-15-5-9-17(10-6-15)22(2)18-11-7-16(8-12-18)20(23)21-14-19-4-3-13-24-19/h3-13H,14H2,1-2H3,(H,21,23). The van der Waals surface area contributed by atoms with E-state index < -0.39 is 0 Å². The molecule has 0 aliphatic heterocycles. The molecule has 0 radical (unpaired) electrons. The number of rotatable bonds is 5. The van der Waals surface area contributed by atoms with E-state index in [1.54, 1.807) is 12.3 Å². The van der Waals surface area contributed by atoms with Crippen LogP contribution in [-0.2, 0) is 6.54 Å². The molecule has 1 heterocycles. The lowest BCUT2D eigenvalue weighted by Gasteiger charge is -2.20. The van der Waals surface area contributed by atoms with E-state index in [9.17, 15) is 4.79 Å². The van der Waals surface area contributed by atoms with E-state index in [0.717, 1.165) is 17.1 Å². The first-order valence-electron chi connectivity index (χ1n) is 7.84. The van der Waals surface area contributed by atoms with E-state index in [1.165, 1.54) is 5.56 Å². The summed E-state index contributed by atoms with van der Waals surface area (Å²) in [5.41, 5.74) is 4.00. The number of furan rings is 1. The van der Waals surface area contributed by atoms with Crippen LogP contribution in [0, 0.1) is 6.92 Å². The van der Waals surface area contributed by atoms with Gasteiger partial charge in [-0.15, -0.1) is 0 Å².